The Labute approximate surface area is 276 Å². The third-order valence-electron chi connectivity index (χ3n) is 8.44. The molecule has 2 aliphatic heterocycles. The zero-order valence-corrected chi connectivity index (χ0v) is 26.8. The molecule has 48 heavy (non-hydrogen) atoms. The van der Waals surface area contributed by atoms with Crippen LogP contribution in [-0.2, 0) is 9.57 Å². The van der Waals surface area contributed by atoms with Crippen LogP contribution in [0.25, 0.3) is 16.9 Å². The summed E-state index contributed by atoms with van der Waals surface area (Å²) < 4.78 is 40.2. The molecule has 252 valence electrons. The number of carbonyl (C=O) groups excluding carboxylic acids is 2. The number of para-hydroxylation sites is 1. The Morgan fingerprint density at radius 3 is 2.52 bits per heavy atom. The zero-order chi connectivity index (χ0) is 33.8. The van der Waals surface area contributed by atoms with Crippen molar-refractivity contribution in [1.29, 1.82) is 0 Å². The topological polar surface area (TPSA) is 132 Å². The highest BCUT2D eigenvalue weighted by Gasteiger charge is 2.36. The zero-order valence-electron chi connectivity index (χ0n) is 26.8. The highest BCUT2D eigenvalue weighted by Crippen LogP contribution is 2.33. The van der Waals surface area contributed by atoms with E-state index in [2.05, 4.69) is 20.9 Å². The number of nitrogens with one attached hydrogen (secondary N) is 3. The van der Waals surface area contributed by atoms with E-state index in [0.717, 1.165) is 12.1 Å². The summed E-state index contributed by atoms with van der Waals surface area (Å²) in [5, 5.41) is 15.4. The van der Waals surface area contributed by atoms with Gasteiger partial charge in [0.15, 0.2) is 11.6 Å². The molecule has 0 aliphatic carbocycles. The second-order valence-corrected chi connectivity index (χ2v) is 11.6. The average Bonchev–Trinajstić information content (AvgIpc) is 3.66. The summed E-state index contributed by atoms with van der Waals surface area (Å²) in [6, 6.07) is 13.4. The third kappa shape index (κ3) is 7.00. The first kappa shape index (κ1) is 33.0. The number of anilines is 1. The van der Waals surface area contributed by atoms with Gasteiger partial charge in [-0.05, 0) is 55.7 Å². The largest absolute Gasteiger partial charge is 0.480 e. The van der Waals surface area contributed by atoms with Crippen LogP contribution in [0, 0.1) is 18.6 Å². The Kier molecular flexibility index (Phi) is 9.94. The van der Waals surface area contributed by atoms with Gasteiger partial charge in [0.2, 0.25) is 5.88 Å². The van der Waals surface area contributed by atoms with Gasteiger partial charge in [-0.3, -0.25) is 14.9 Å². The highest BCUT2D eigenvalue weighted by atomic mass is 19.2. The van der Waals surface area contributed by atoms with Crippen molar-refractivity contribution in [3.8, 4) is 22.8 Å². The normalized spacial score (nSPS) is 18.4. The molecule has 0 spiro atoms. The molecule has 14 heteroatoms. The van der Waals surface area contributed by atoms with Gasteiger partial charge in [0, 0.05) is 49.7 Å². The molecule has 2 aromatic heterocycles. The van der Waals surface area contributed by atoms with Gasteiger partial charge >= 0.3 is 6.03 Å². The van der Waals surface area contributed by atoms with E-state index >= 15 is 0 Å². The maximum absolute atomic E-state index is 14.1. The van der Waals surface area contributed by atoms with Crippen molar-refractivity contribution in [3.05, 3.63) is 89.1 Å². The molecular weight excluding hydrogens is 624 g/mol. The summed E-state index contributed by atoms with van der Waals surface area (Å²) in [4.78, 5) is 37.3. The quantitative estimate of drug-likeness (QED) is 0.230. The lowest BCUT2D eigenvalue weighted by molar-refractivity contribution is -0.144. The maximum atomic E-state index is 14.1. The van der Waals surface area contributed by atoms with Gasteiger partial charge in [-0.2, -0.15) is 10.2 Å². The van der Waals surface area contributed by atoms with Crippen molar-refractivity contribution in [2.45, 2.75) is 44.9 Å². The van der Waals surface area contributed by atoms with E-state index in [1.54, 1.807) is 22.0 Å². The number of amides is 3. The lowest BCUT2D eigenvalue weighted by Crippen LogP contribution is -2.42. The first-order valence-electron chi connectivity index (χ1n) is 15.8. The lowest BCUT2D eigenvalue weighted by Gasteiger charge is -2.23. The molecule has 3 N–H and O–H groups in total. The van der Waals surface area contributed by atoms with Gasteiger partial charge in [-0.25, -0.2) is 23.2 Å². The van der Waals surface area contributed by atoms with E-state index in [4.69, 9.17) is 19.4 Å². The van der Waals surface area contributed by atoms with Gasteiger partial charge in [0.1, 0.15) is 17.5 Å². The molecule has 2 aliphatic rings. The Morgan fingerprint density at radius 2 is 1.81 bits per heavy atom. The molecule has 0 radical (unpaired) electrons. The van der Waals surface area contributed by atoms with Crippen LogP contribution in [0.15, 0.2) is 60.8 Å². The van der Waals surface area contributed by atoms with E-state index in [-0.39, 0.29) is 23.4 Å². The third-order valence-corrected chi connectivity index (χ3v) is 8.44. The summed E-state index contributed by atoms with van der Waals surface area (Å²) in [5.41, 5.74) is 2.99. The number of rotatable bonds is 9. The molecule has 4 heterocycles. The van der Waals surface area contributed by atoms with Crippen molar-refractivity contribution in [3.63, 3.8) is 0 Å². The van der Waals surface area contributed by atoms with Crippen LogP contribution in [0.1, 0.15) is 47.4 Å². The number of likely N-dealkylation sites (N-methyl/N-ethyl adjacent to an activating group) is 1. The Bertz CT molecular complexity index is 1780. The fourth-order valence-corrected chi connectivity index (χ4v) is 5.90. The molecule has 2 saturated heterocycles. The number of aromatic nitrogens is 3. The summed E-state index contributed by atoms with van der Waals surface area (Å²) in [5.74, 6) is -1.72. The minimum atomic E-state index is -0.999. The van der Waals surface area contributed by atoms with E-state index in [1.807, 2.05) is 44.2 Å². The molecule has 4 aromatic rings. The summed E-state index contributed by atoms with van der Waals surface area (Å²) in [7, 11) is 1.45. The number of hydroxylamine groups is 2. The van der Waals surface area contributed by atoms with Crippen LogP contribution in [0.4, 0.5) is 19.4 Å². The van der Waals surface area contributed by atoms with E-state index in [1.165, 1.54) is 13.2 Å². The number of halogens is 2. The second-order valence-electron chi connectivity index (χ2n) is 11.6. The number of hydrogen-bond donors (Lipinski definition) is 3. The van der Waals surface area contributed by atoms with Crippen molar-refractivity contribution in [1.82, 2.24) is 30.5 Å². The fraction of sp³-hybridized carbons (Fsp3) is 0.353. The lowest BCUT2D eigenvalue weighted by atomic mass is 10.0. The van der Waals surface area contributed by atoms with E-state index in [0.29, 0.717) is 73.0 Å². The molecule has 12 nitrogen and oxygen atoms in total. The molecule has 2 fully saturated rings. The van der Waals surface area contributed by atoms with Gasteiger partial charge in [-0.1, -0.05) is 31.2 Å². The smallest absolute Gasteiger partial charge is 0.320 e. The number of carbonyl (C=O) groups is 2. The minimum absolute atomic E-state index is 0.0238. The summed E-state index contributed by atoms with van der Waals surface area (Å²) in [6.45, 7) is 5.71. The van der Waals surface area contributed by atoms with Gasteiger partial charge in [0.05, 0.1) is 24.5 Å². The number of pyridine rings is 1. The van der Waals surface area contributed by atoms with E-state index < -0.39 is 29.8 Å². The van der Waals surface area contributed by atoms with Crippen molar-refractivity contribution < 1.29 is 32.7 Å². The van der Waals surface area contributed by atoms with Crippen LogP contribution < -0.4 is 20.7 Å². The maximum Gasteiger partial charge on any atom is 0.320 e. The highest BCUT2D eigenvalue weighted by molar-refractivity contribution is 5.98. The SMILES string of the molecule is CCN1C[C@@H](NC(=O)Nc2c(C)c(-c3cnc(OC)c(C(=O)NC4CCOCC4)c3)nn2-c2ccccc2)[C@H](c2ccc(F)c(F)c2)O1. The molecule has 6 rings (SSSR count). The Balaban J connectivity index is 1.30. The number of benzene rings is 2. The molecule has 2 atom stereocenters. The van der Waals surface area contributed by atoms with Crippen molar-refractivity contribution in [2.24, 2.45) is 0 Å². The minimum Gasteiger partial charge on any atom is -0.480 e. The van der Waals surface area contributed by atoms with Crippen molar-refractivity contribution >= 4 is 17.8 Å². The summed E-state index contributed by atoms with van der Waals surface area (Å²) >= 11 is 0. The Morgan fingerprint density at radius 1 is 1.04 bits per heavy atom. The van der Waals surface area contributed by atoms with E-state index in [9.17, 15) is 18.4 Å². The molecular formula is C34H37F2N7O5. The number of urea groups is 1. The number of hydrogen-bond acceptors (Lipinski definition) is 8. The van der Waals surface area contributed by atoms with Crippen LogP contribution >= 0.6 is 0 Å². The van der Waals surface area contributed by atoms with Gasteiger partial charge < -0.3 is 20.1 Å². The molecule has 0 bridgehead atoms. The van der Waals surface area contributed by atoms with Crippen molar-refractivity contribution in [2.75, 3.05) is 38.7 Å². The first-order chi connectivity index (χ1) is 23.2. The number of methoxy groups -OCH3 is 1. The average molecular weight is 662 g/mol. The predicted octanol–water partition coefficient (Wildman–Crippen LogP) is 4.94. The molecule has 0 saturated carbocycles. The predicted molar refractivity (Wildman–Crippen MR) is 173 cm³/mol. The molecule has 0 unspecified atom stereocenters. The number of ether oxygens (including phenoxy) is 2. The summed E-state index contributed by atoms with van der Waals surface area (Å²) in [6.07, 6.45) is 2.26. The monoisotopic (exact) mass is 661 g/mol. The number of nitrogens with zero attached hydrogens (tertiary/aromatic N) is 4. The second kappa shape index (κ2) is 14.5. The van der Waals surface area contributed by atoms with Crippen LogP contribution in [0.3, 0.4) is 0 Å². The molecule has 2 aromatic carbocycles. The molecule has 3 amide bonds. The Hall–Kier alpha value is -4.92. The van der Waals surface area contributed by atoms with Crippen LogP contribution in [0.5, 0.6) is 5.88 Å². The fourth-order valence-electron chi connectivity index (χ4n) is 5.90. The van der Waals surface area contributed by atoms with Gasteiger partial charge in [0.25, 0.3) is 5.91 Å². The van der Waals surface area contributed by atoms with Crippen LogP contribution in [-0.4, -0.2) is 77.3 Å². The first-order valence-corrected chi connectivity index (χ1v) is 15.8. The van der Waals surface area contributed by atoms with Gasteiger partial charge in [-0.15, -0.1) is 0 Å². The standard InChI is InChI=1S/C34H37F2N7O5/c1-4-42-19-28(30(48-42)21-10-11-26(35)27(36)17-21)39-34(45)40-31-20(2)29(41-43(31)24-8-6-5-7-9-24)22-16-25(33(46-3)37-18-22)32(44)38-23-12-14-47-15-13-23/h5-11,16-18,23,28,30H,4,12-15,19H2,1-3H3,(H,38,44)(H2,39,40,45)/t28-,30+/m1/s1. The van der Waals surface area contributed by atoms with Crippen LogP contribution in [0.2, 0.25) is 0 Å².